The molecule has 0 aromatic carbocycles. The monoisotopic (exact) mass is 289 g/mol. The molecule has 0 unspecified atom stereocenters. The largest absolute Gasteiger partial charge is 0.292 e. The Morgan fingerprint density at radius 2 is 1.52 bits per heavy atom. The van der Waals surface area contributed by atoms with Crippen LogP contribution < -0.4 is 0 Å². The van der Waals surface area contributed by atoms with Gasteiger partial charge < -0.3 is 0 Å². The number of hydrogen-bond donors (Lipinski definition) is 0. The van der Waals surface area contributed by atoms with Gasteiger partial charge in [-0.3, -0.25) is 9.78 Å². The highest BCUT2D eigenvalue weighted by Crippen LogP contribution is 2.12. The Kier molecular flexibility index (Phi) is 9.77. The van der Waals surface area contributed by atoms with Gasteiger partial charge in [0.1, 0.15) is 5.69 Å². The summed E-state index contributed by atoms with van der Waals surface area (Å²) in [5.74, 6) is 0.193. The first kappa shape index (κ1) is 17.9. The van der Waals surface area contributed by atoms with Crippen molar-refractivity contribution in [2.24, 2.45) is 0 Å². The molecule has 0 fully saturated rings. The van der Waals surface area contributed by atoms with E-state index in [1.165, 1.54) is 57.8 Å². The Bertz CT molecular complexity index is 400. The zero-order valence-electron chi connectivity index (χ0n) is 13.9. The Morgan fingerprint density at radius 1 is 0.952 bits per heavy atom. The van der Waals surface area contributed by atoms with Crippen LogP contribution in [0.2, 0.25) is 0 Å². The Labute approximate surface area is 130 Å². The number of hydrogen-bond acceptors (Lipinski definition) is 2. The van der Waals surface area contributed by atoms with Crippen LogP contribution in [0.4, 0.5) is 0 Å². The lowest BCUT2D eigenvalue weighted by atomic mass is 10.0. The fourth-order valence-electron chi connectivity index (χ4n) is 2.59. The molecular formula is C19H31NO. The molecule has 0 aliphatic heterocycles. The molecule has 0 atom stereocenters. The Balaban J connectivity index is 1.98. The molecule has 21 heavy (non-hydrogen) atoms. The van der Waals surface area contributed by atoms with Crippen LogP contribution >= 0.6 is 0 Å². The van der Waals surface area contributed by atoms with E-state index in [1.807, 2.05) is 19.1 Å². The molecule has 0 N–H and O–H groups in total. The van der Waals surface area contributed by atoms with E-state index in [2.05, 4.69) is 11.9 Å². The molecule has 2 heteroatoms. The molecular weight excluding hydrogens is 258 g/mol. The molecule has 1 heterocycles. The number of unbranched alkanes of at least 4 members (excludes halogenated alkanes) is 9. The van der Waals surface area contributed by atoms with Gasteiger partial charge in [0.15, 0.2) is 5.78 Å². The number of carbonyl (C=O) groups excluding carboxylic acids is 1. The SMILES string of the molecule is CCCCCCCCCCCCC(=O)c1cc(C)ccn1. The first-order valence-electron chi connectivity index (χ1n) is 8.70. The van der Waals surface area contributed by atoms with Gasteiger partial charge in [-0.25, -0.2) is 0 Å². The van der Waals surface area contributed by atoms with Crippen LogP contribution in [-0.2, 0) is 0 Å². The number of pyridine rings is 1. The molecule has 118 valence electrons. The molecule has 1 rings (SSSR count). The van der Waals surface area contributed by atoms with Crippen molar-refractivity contribution in [2.75, 3.05) is 0 Å². The standard InChI is InChI=1S/C19H31NO/c1-3-4-5-6-7-8-9-10-11-12-13-19(21)18-16-17(2)14-15-20-18/h14-16H,3-13H2,1-2H3. The lowest BCUT2D eigenvalue weighted by molar-refractivity contribution is 0.0974. The van der Waals surface area contributed by atoms with Gasteiger partial charge in [-0.05, 0) is 31.0 Å². The minimum Gasteiger partial charge on any atom is -0.292 e. The van der Waals surface area contributed by atoms with Crippen LogP contribution in [0.1, 0.15) is 93.6 Å². The van der Waals surface area contributed by atoms with Gasteiger partial charge >= 0.3 is 0 Å². The summed E-state index contributed by atoms with van der Waals surface area (Å²) in [6, 6.07) is 3.82. The highest BCUT2D eigenvalue weighted by atomic mass is 16.1. The third kappa shape index (κ3) is 8.64. The van der Waals surface area contributed by atoms with Crippen LogP contribution in [0.3, 0.4) is 0 Å². The van der Waals surface area contributed by atoms with E-state index >= 15 is 0 Å². The van der Waals surface area contributed by atoms with Gasteiger partial charge in [-0.15, -0.1) is 0 Å². The molecule has 0 aliphatic rings. The summed E-state index contributed by atoms with van der Waals surface area (Å²) in [5, 5.41) is 0. The van der Waals surface area contributed by atoms with Gasteiger partial charge in [0, 0.05) is 12.6 Å². The number of rotatable bonds is 12. The van der Waals surface area contributed by atoms with Crippen molar-refractivity contribution in [3.05, 3.63) is 29.6 Å². The normalized spacial score (nSPS) is 10.8. The minimum absolute atomic E-state index is 0.193. The van der Waals surface area contributed by atoms with E-state index in [-0.39, 0.29) is 5.78 Å². The van der Waals surface area contributed by atoms with Crippen molar-refractivity contribution >= 4 is 5.78 Å². The van der Waals surface area contributed by atoms with Crippen molar-refractivity contribution in [3.63, 3.8) is 0 Å². The zero-order valence-corrected chi connectivity index (χ0v) is 13.9. The van der Waals surface area contributed by atoms with Gasteiger partial charge in [0.2, 0.25) is 0 Å². The van der Waals surface area contributed by atoms with Crippen molar-refractivity contribution in [3.8, 4) is 0 Å². The van der Waals surface area contributed by atoms with Crippen molar-refractivity contribution in [1.29, 1.82) is 0 Å². The molecule has 1 aromatic rings. The molecule has 0 saturated carbocycles. The summed E-state index contributed by atoms with van der Waals surface area (Å²) in [7, 11) is 0. The van der Waals surface area contributed by atoms with Gasteiger partial charge in [-0.1, -0.05) is 64.7 Å². The number of aryl methyl sites for hydroxylation is 1. The maximum atomic E-state index is 12.0. The van der Waals surface area contributed by atoms with E-state index in [9.17, 15) is 4.79 Å². The smallest absolute Gasteiger partial charge is 0.181 e. The highest BCUT2D eigenvalue weighted by molar-refractivity contribution is 5.94. The van der Waals surface area contributed by atoms with E-state index < -0.39 is 0 Å². The molecule has 2 nitrogen and oxygen atoms in total. The summed E-state index contributed by atoms with van der Waals surface area (Å²) >= 11 is 0. The number of ketones is 1. The van der Waals surface area contributed by atoms with Crippen molar-refractivity contribution in [1.82, 2.24) is 4.98 Å². The molecule has 0 radical (unpaired) electrons. The van der Waals surface area contributed by atoms with Crippen LogP contribution in [-0.4, -0.2) is 10.8 Å². The van der Waals surface area contributed by atoms with Crippen LogP contribution in [0.25, 0.3) is 0 Å². The fraction of sp³-hybridized carbons (Fsp3) is 0.684. The van der Waals surface area contributed by atoms with Crippen molar-refractivity contribution < 1.29 is 4.79 Å². The second kappa shape index (κ2) is 11.5. The predicted octanol–water partition coefficient (Wildman–Crippen LogP) is 5.88. The van der Waals surface area contributed by atoms with E-state index in [1.54, 1.807) is 6.20 Å². The van der Waals surface area contributed by atoms with Crippen LogP contribution in [0, 0.1) is 6.92 Å². The van der Waals surface area contributed by atoms with Crippen LogP contribution in [0.15, 0.2) is 18.3 Å². The first-order chi connectivity index (χ1) is 10.2. The molecule has 0 aliphatic carbocycles. The first-order valence-corrected chi connectivity index (χ1v) is 8.70. The molecule has 0 amide bonds. The summed E-state index contributed by atoms with van der Waals surface area (Å²) in [6.07, 6.45) is 15.4. The lowest BCUT2D eigenvalue weighted by Gasteiger charge is -2.03. The van der Waals surface area contributed by atoms with E-state index in [4.69, 9.17) is 0 Å². The quantitative estimate of drug-likeness (QED) is 0.355. The third-order valence-corrected chi connectivity index (χ3v) is 3.96. The average molecular weight is 289 g/mol. The van der Waals surface area contributed by atoms with Gasteiger partial charge in [0.05, 0.1) is 0 Å². The summed E-state index contributed by atoms with van der Waals surface area (Å²) in [4.78, 5) is 16.1. The van der Waals surface area contributed by atoms with E-state index in [0.717, 1.165) is 12.0 Å². The Hall–Kier alpha value is -1.18. The summed E-state index contributed by atoms with van der Waals surface area (Å²) in [5.41, 5.74) is 1.74. The summed E-state index contributed by atoms with van der Waals surface area (Å²) in [6.45, 7) is 4.26. The number of carbonyl (C=O) groups is 1. The zero-order chi connectivity index (χ0) is 15.3. The second-order valence-electron chi connectivity index (χ2n) is 6.07. The molecule has 1 aromatic heterocycles. The number of aromatic nitrogens is 1. The average Bonchev–Trinajstić information content (AvgIpc) is 2.49. The fourth-order valence-corrected chi connectivity index (χ4v) is 2.59. The second-order valence-corrected chi connectivity index (χ2v) is 6.07. The Morgan fingerprint density at radius 3 is 2.10 bits per heavy atom. The minimum atomic E-state index is 0.193. The summed E-state index contributed by atoms with van der Waals surface area (Å²) < 4.78 is 0. The maximum absolute atomic E-state index is 12.0. The third-order valence-electron chi connectivity index (χ3n) is 3.96. The van der Waals surface area contributed by atoms with Crippen molar-refractivity contribution in [2.45, 2.75) is 84.5 Å². The molecule has 0 bridgehead atoms. The molecule has 0 spiro atoms. The number of Topliss-reactive ketones (excluding diaryl/α,β-unsaturated/α-hetero) is 1. The van der Waals surface area contributed by atoms with E-state index in [0.29, 0.717) is 12.1 Å². The van der Waals surface area contributed by atoms with Gasteiger partial charge in [-0.2, -0.15) is 0 Å². The predicted molar refractivity (Wildman–Crippen MR) is 89.8 cm³/mol. The molecule has 0 saturated heterocycles. The number of nitrogens with zero attached hydrogens (tertiary/aromatic N) is 1. The lowest BCUT2D eigenvalue weighted by Crippen LogP contribution is -2.02. The maximum Gasteiger partial charge on any atom is 0.181 e. The topological polar surface area (TPSA) is 30.0 Å². The van der Waals surface area contributed by atoms with Crippen LogP contribution in [0.5, 0.6) is 0 Å². The van der Waals surface area contributed by atoms with Gasteiger partial charge in [0.25, 0.3) is 0 Å². The highest BCUT2D eigenvalue weighted by Gasteiger charge is 2.06.